The van der Waals surface area contributed by atoms with E-state index in [0.717, 1.165) is 35.2 Å². The monoisotopic (exact) mass is 476 g/mol. The van der Waals surface area contributed by atoms with Gasteiger partial charge in [0.25, 0.3) is 5.91 Å². The molecule has 10 heteroatoms. The van der Waals surface area contributed by atoms with Gasteiger partial charge in [0.15, 0.2) is 0 Å². The lowest BCUT2D eigenvalue weighted by atomic mass is 10.1. The number of benzene rings is 1. The highest BCUT2D eigenvalue weighted by Crippen LogP contribution is 2.32. The summed E-state index contributed by atoms with van der Waals surface area (Å²) in [6, 6.07) is 11.5. The first-order valence-corrected chi connectivity index (χ1v) is 12.0. The van der Waals surface area contributed by atoms with Gasteiger partial charge in [-0.3, -0.25) is 14.9 Å². The maximum absolute atomic E-state index is 13.1. The first-order chi connectivity index (χ1) is 16.5. The number of amides is 2. The number of hydrogen-bond acceptors (Lipinski definition) is 7. The number of nitrogens with zero attached hydrogens (tertiary/aromatic N) is 5. The highest BCUT2D eigenvalue weighted by molar-refractivity contribution is 7.17. The Morgan fingerprint density at radius 2 is 2.03 bits per heavy atom. The normalized spacial score (nSPS) is 16.4. The van der Waals surface area contributed by atoms with Gasteiger partial charge in [-0.15, -0.1) is 11.3 Å². The number of rotatable bonds is 5. The van der Waals surface area contributed by atoms with Gasteiger partial charge < -0.3 is 14.0 Å². The fourth-order valence-electron chi connectivity index (χ4n) is 4.33. The molecule has 4 heterocycles. The molecule has 0 aliphatic carbocycles. The van der Waals surface area contributed by atoms with E-state index in [1.807, 2.05) is 35.2 Å². The van der Waals surface area contributed by atoms with Crippen LogP contribution in [-0.2, 0) is 4.79 Å². The van der Waals surface area contributed by atoms with E-state index in [2.05, 4.69) is 26.6 Å². The molecule has 0 bridgehead atoms. The van der Waals surface area contributed by atoms with Gasteiger partial charge in [0, 0.05) is 26.1 Å². The predicted molar refractivity (Wildman–Crippen MR) is 130 cm³/mol. The average Bonchev–Trinajstić information content (AvgIpc) is 3.53. The van der Waals surface area contributed by atoms with Crippen molar-refractivity contribution >= 4 is 40.1 Å². The molecule has 1 aliphatic heterocycles. The van der Waals surface area contributed by atoms with Crippen molar-refractivity contribution in [3.8, 4) is 10.7 Å². The Hall–Kier alpha value is -3.79. The number of fused-ring (bicyclic) bond motifs is 1. The second-order valence-electron chi connectivity index (χ2n) is 8.16. The smallest absolute Gasteiger partial charge is 0.268 e. The van der Waals surface area contributed by atoms with Gasteiger partial charge in [0.1, 0.15) is 0 Å². The number of hydrogen-bond donors (Lipinski definition) is 1. The minimum Gasteiger partial charge on any atom is -0.339 e. The van der Waals surface area contributed by atoms with E-state index in [9.17, 15) is 9.59 Å². The van der Waals surface area contributed by atoms with E-state index >= 15 is 0 Å². The van der Waals surface area contributed by atoms with Gasteiger partial charge in [0.2, 0.25) is 23.6 Å². The molecule has 2 amide bonds. The standard InChI is InChI=1S/C24H24N6O3S/c1-3-21(31)29-13-6-7-16(12-14-29)30-18-9-5-4-8-17(18)26-24(30)27-23(32)20-11-10-19(34-20)22-25-15(2)33-28-22/h3-5,8-11,16H,1,6-7,12-14H2,2H3,(H,26,27,32)/t16-/m1/s1. The number of aromatic nitrogens is 4. The number of para-hydroxylation sites is 2. The Kier molecular flexibility index (Phi) is 5.97. The summed E-state index contributed by atoms with van der Waals surface area (Å²) in [5, 5.41) is 6.93. The van der Waals surface area contributed by atoms with Crippen molar-refractivity contribution in [2.45, 2.75) is 32.2 Å². The van der Waals surface area contributed by atoms with E-state index < -0.39 is 0 Å². The van der Waals surface area contributed by atoms with Crippen LogP contribution in [0.15, 0.2) is 53.6 Å². The predicted octanol–water partition coefficient (Wildman–Crippen LogP) is 4.45. The summed E-state index contributed by atoms with van der Waals surface area (Å²) < 4.78 is 7.15. The molecule has 0 spiro atoms. The first-order valence-electron chi connectivity index (χ1n) is 11.1. The topological polar surface area (TPSA) is 106 Å². The van der Waals surface area contributed by atoms with E-state index in [1.165, 1.54) is 17.4 Å². The number of anilines is 1. The Labute approximate surface area is 200 Å². The van der Waals surface area contributed by atoms with E-state index in [0.29, 0.717) is 35.6 Å². The number of carbonyl (C=O) groups excluding carboxylic acids is 2. The van der Waals surface area contributed by atoms with Crippen molar-refractivity contribution in [2.24, 2.45) is 0 Å². The lowest BCUT2D eigenvalue weighted by molar-refractivity contribution is -0.125. The van der Waals surface area contributed by atoms with Crippen LogP contribution in [0.1, 0.15) is 40.9 Å². The van der Waals surface area contributed by atoms with E-state index in [1.54, 1.807) is 13.0 Å². The molecular formula is C24H24N6O3S. The van der Waals surface area contributed by atoms with Crippen LogP contribution in [0.5, 0.6) is 0 Å². The van der Waals surface area contributed by atoms with Crippen molar-refractivity contribution in [3.63, 3.8) is 0 Å². The van der Waals surface area contributed by atoms with Crippen LogP contribution >= 0.6 is 11.3 Å². The van der Waals surface area contributed by atoms with Gasteiger partial charge >= 0.3 is 0 Å². The van der Waals surface area contributed by atoms with Gasteiger partial charge in [-0.2, -0.15) is 4.98 Å². The lowest BCUT2D eigenvalue weighted by Gasteiger charge is -2.21. The summed E-state index contributed by atoms with van der Waals surface area (Å²) in [5.74, 6) is 1.15. The average molecular weight is 477 g/mol. The highest BCUT2D eigenvalue weighted by Gasteiger charge is 2.25. The van der Waals surface area contributed by atoms with Crippen LogP contribution in [0, 0.1) is 6.92 Å². The maximum atomic E-state index is 13.1. The maximum Gasteiger partial charge on any atom is 0.268 e. The van der Waals surface area contributed by atoms with Crippen LogP contribution < -0.4 is 5.32 Å². The fourth-order valence-corrected chi connectivity index (χ4v) is 5.16. The zero-order valence-electron chi connectivity index (χ0n) is 18.7. The Balaban J connectivity index is 1.42. The molecule has 5 rings (SSSR count). The third-order valence-corrected chi connectivity index (χ3v) is 7.03. The molecule has 1 aliphatic rings. The molecule has 4 aromatic rings. The minimum absolute atomic E-state index is 0.0463. The molecule has 0 radical (unpaired) electrons. The second kappa shape index (κ2) is 9.22. The zero-order valence-corrected chi connectivity index (χ0v) is 19.5. The third-order valence-electron chi connectivity index (χ3n) is 5.95. The summed E-state index contributed by atoms with van der Waals surface area (Å²) in [4.78, 5) is 37.3. The lowest BCUT2D eigenvalue weighted by Crippen LogP contribution is -2.30. The van der Waals surface area contributed by atoms with E-state index in [4.69, 9.17) is 9.51 Å². The van der Waals surface area contributed by atoms with Crippen molar-refractivity contribution in [2.75, 3.05) is 18.4 Å². The SMILES string of the molecule is C=CC(=O)N1CCC[C@@H](n2c(NC(=O)c3ccc(-c4noc(C)n4)s3)nc3ccccc32)CC1. The van der Waals surface area contributed by atoms with Gasteiger partial charge in [0.05, 0.1) is 20.8 Å². The van der Waals surface area contributed by atoms with Crippen molar-refractivity contribution < 1.29 is 14.1 Å². The molecule has 3 aromatic heterocycles. The van der Waals surface area contributed by atoms with Crippen LogP contribution in [0.3, 0.4) is 0 Å². The largest absolute Gasteiger partial charge is 0.339 e. The molecule has 1 aromatic carbocycles. The second-order valence-corrected chi connectivity index (χ2v) is 9.25. The fraction of sp³-hybridized carbons (Fsp3) is 0.292. The van der Waals surface area contributed by atoms with Crippen LogP contribution in [0.25, 0.3) is 21.7 Å². The minimum atomic E-state index is -0.245. The molecule has 174 valence electrons. The number of carbonyl (C=O) groups is 2. The number of nitrogens with one attached hydrogen (secondary N) is 1. The van der Waals surface area contributed by atoms with Crippen LogP contribution in [0.4, 0.5) is 5.95 Å². The zero-order chi connectivity index (χ0) is 23.7. The third kappa shape index (κ3) is 4.24. The molecule has 34 heavy (non-hydrogen) atoms. The van der Waals surface area contributed by atoms with Crippen LogP contribution in [0.2, 0.25) is 0 Å². The molecular weight excluding hydrogens is 452 g/mol. The first kappa shape index (κ1) is 22.0. The van der Waals surface area contributed by atoms with Gasteiger partial charge in [-0.25, -0.2) is 4.98 Å². The Morgan fingerprint density at radius 1 is 1.18 bits per heavy atom. The molecule has 1 saturated heterocycles. The Morgan fingerprint density at radius 3 is 2.82 bits per heavy atom. The number of thiophene rings is 1. The van der Waals surface area contributed by atoms with Crippen molar-refractivity contribution in [1.29, 1.82) is 0 Å². The number of aryl methyl sites for hydroxylation is 1. The van der Waals surface area contributed by atoms with E-state index in [-0.39, 0.29) is 17.9 Å². The highest BCUT2D eigenvalue weighted by atomic mass is 32.1. The van der Waals surface area contributed by atoms with Crippen LogP contribution in [-0.4, -0.2) is 49.5 Å². The summed E-state index contributed by atoms with van der Waals surface area (Å²) >= 11 is 1.30. The molecule has 0 saturated carbocycles. The summed E-state index contributed by atoms with van der Waals surface area (Å²) in [6.45, 7) is 6.66. The summed E-state index contributed by atoms with van der Waals surface area (Å²) in [7, 11) is 0. The summed E-state index contributed by atoms with van der Waals surface area (Å²) in [5.41, 5.74) is 1.77. The number of likely N-dealkylation sites (tertiary alicyclic amines) is 1. The Bertz CT molecular complexity index is 1370. The molecule has 1 fully saturated rings. The molecule has 1 N–H and O–H groups in total. The molecule has 9 nitrogen and oxygen atoms in total. The summed E-state index contributed by atoms with van der Waals surface area (Å²) in [6.07, 6.45) is 3.87. The molecule has 1 atom stereocenters. The molecule has 0 unspecified atom stereocenters. The van der Waals surface area contributed by atoms with Gasteiger partial charge in [-0.05, 0) is 49.6 Å². The van der Waals surface area contributed by atoms with Crippen molar-refractivity contribution in [1.82, 2.24) is 24.6 Å². The van der Waals surface area contributed by atoms with Crippen molar-refractivity contribution in [3.05, 3.63) is 59.8 Å². The number of imidazole rings is 1. The quantitative estimate of drug-likeness (QED) is 0.427. The van der Waals surface area contributed by atoms with Gasteiger partial charge in [-0.1, -0.05) is 23.9 Å².